The Labute approximate surface area is 102 Å². The Kier molecular flexibility index (Phi) is 3.33. The first-order valence-electron chi connectivity index (χ1n) is 5.80. The van der Waals surface area contributed by atoms with Crippen molar-refractivity contribution in [1.29, 1.82) is 0 Å². The van der Waals surface area contributed by atoms with E-state index in [9.17, 15) is 0 Å². The molecule has 0 aromatic heterocycles. The smallest absolute Gasteiger partial charge is 0.0371 e. The van der Waals surface area contributed by atoms with Crippen molar-refractivity contribution >= 4 is 23.1 Å². The third kappa shape index (κ3) is 2.29. The Morgan fingerprint density at radius 1 is 1.44 bits per heavy atom. The number of anilines is 2. The van der Waals surface area contributed by atoms with E-state index in [0.717, 1.165) is 12.2 Å². The summed E-state index contributed by atoms with van der Waals surface area (Å²) in [6.45, 7) is 3.17. The molecule has 0 radical (unpaired) electrons. The highest BCUT2D eigenvalue weighted by molar-refractivity contribution is 8.00. The summed E-state index contributed by atoms with van der Waals surface area (Å²) in [5, 5.41) is 3.56. The summed E-state index contributed by atoms with van der Waals surface area (Å²) < 4.78 is 0.480. The summed E-state index contributed by atoms with van der Waals surface area (Å²) in [6.07, 6.45) is 6.28. The number of nitrogen functional groups attached to an aromatic ring is 1. The van der Waals surface area contributed by atoms with E-state index < -0.39 is 0 Å². The van der Waals surface area contributed by atoms with Crippen LogP contribution in [0.3, 0.4) is 0 Å². The summed E-state index contributed by atoms with van der Waals surface area (Å²) in [4.78, 5) is 0. The summed E-state index contributed by atoms with van der Waals surface area (Å²) in [5.74, 6) is 0. The van der Waals surface area contributed by atoms with Crippen LogP contribution in [0, 0.1) is 6.92 Å². The van der Waals surface area contributed by atoms with Crippen LogP contribution in [0.15, 0.2) is 18.2 Å². The minimum Gasteiger partial charge on any atom is -0.399 e. The number of rotatable bonds is 4. The van der Waals surface area contributed by atoms with Crippen LogP contribution < -0.4 is 11.1 Å². The van der Waals surface area contributed by atoms with E-state index in [-0.39, 0.29) is 0 Å². The number of aryl methyl sites for hydroxylation is 1. The minimum absolute atomic E-state index is 0.480. The maximum absolute atomic E-state index is 5.74. The lowest BCUT2D eigenvalue weighted by Gasteiger charge is -2.40. The minimum atomic E-state index is 0.480. The molecule has 88 valence electrons. The Morgan fingerprint density at radius 3 is 2.69 bits per heavy atom. The fourth-order valence-corrected chi connectivity index (χ4v) is 3.08. The molecule has 2 nitrogen and oxygen atoms in total. The highest BCUT2D eigenvalue weighted by Crippen LogP contribution is 2.42. The maximum atomic E-state index is 5.74. The van der Waals surface area contributed by atoms with Gasteiger partial charge in [-0.15, -0.1) is 0 Å². The van der Waals surface area contributed by atoms with Crippen LogP contribution in [0.2, 0.25) is 0 Å². The summed E-state index contributed by atoms with van der Waals surface area (Å²) in [5.41, 5.74) is 9.03. The van der Waals surface area contributed by atoms with E-state index in [1.165, 1.54) is 30.5 Å². The van der Waals surface area contributed by atoms with Crippen molar-refractivity contribution in [3.8, 4) is 0 Å². The molecule has 0 amide bonds. The molecule has 1 aromatic carbocycles. The van der Waals surface area contributed by atoms with Gasteiger partial charge in [0.1, 0.15) is 0 Å². The van der Waals surface area contributed by atoms with E-state index in [1.807, 2.05) is 23.9 Å². The molecule has 1 fully saturated rings. The highest BCUT2D eigenvalue weighted by Gasteiger charge is 2.35. The van der Waals surface area contributed by atoms with Crippen LogP contribution in [0.4, 0.5) is 11.4 Å². The molecule has 0 unspecified atom stereocenters. The van der Waals surface area contributed by atoms with E-state index in [2.05, 4.69) is 24.6 Å². The van der Waals surface area contributed by atoms with Crippen LogP contribution in [0.25, 0.3) is 0 Å². The zero-order valence-corrected chi connectivity index (χ0v) is 10.9. The third-order valence-electron chi connectivity index (χ3n) is 3.55. The van der Waals surface area contributed by atoms with Crippen molar-refractivity contribution in [1.82, 2.24) is 0 Å². The molecule has 1 aromatic rings. The lowest BCUT2D eigenvalue weighted by Crippen LogP contribution is -2.40. The van der Waals surface area contributed by atoms with Crippen LogP contribution in [0.1, 0.15) is 24.8 Å². The number of thioether (sulfide) groups is 1. The second-order valence-corrected chi connectivity index (χ2v) is 5.94. The summed E-state index contributed by atoms with van der Waals surface area (Å²) in [7, 11) is 0. The maximum Gasteiger partial charge on any atom is 0.0371 e. The van der Waals surface area contributed by atoms with E-state index in [4.69, 9.17) is 5.73 Å². The van der Waals surface area contributed by atoms with Crippen LogP contribution in [-0.2, 0) is 0 Å². The predicted molar refractivity (Wildman–Crippen MR) is 74.2 cm³/mol. The first-order chi connectivity index (χ1) is 7.65. The second-order valence-electron chi connectivity index (χ2n) is 4.67. The lowest BCUT2D eigenvalue weighted by molar-refractivity contribution is 0.380. The van der Waals surface area contributed by atoms with Gasteiger partial charge in [0.15, 0.2) is 0 Å². The summed E-state index contributed by atoms with van der Waals surface area (Å²) in [6, 6.07) is 6.06. The molecule has 0 bridgehead atoms. The number of nitrogens with one attached hydrogen (secondary N) is 1. The molecule has 3 N–H and O–H groups in total. The molecular weight excluding hydrogens is 216 g/mol. The van der Waals surface area contributed by atoms with Crippen molar-refractivity contribution in [2.75, 3.05) is 23.9 Å². The van der Waals surface area contributed by atoms with Crippen LogP contribution in [0.5, 0.6) is 0 Å². The molecule has 0 heterocycles. The number of hydrogen-bond donors (Lipinski definition) is 2. The first-order valence-corrected chi connectivity index (χ1v) is 7.03. The van der Waals surface area contributed by atoms with Crippen molar-refractivity contribution in [2.24, 2.45) is 0 Å². The number of hydrogen-bond acceptors (Lipinski definition) is 3. The molecule has 0 atom stereocenters. The fourth-order valence-electron chi connectivity index (χ4n) is 2.17. The first kappa shape index (κ1) is 11.6. The van der Waals surface area contributed by atoms with E-state index in [0.29, 0.717) is 4.75 Å². The molecule has 16 heavy (non-hydrogen) atoms. The largest absolute Gasteiger partial charge is 0.399 e. The third-order valence-corrected chi connectivity index (χ3v) is 4.97. The number of nitrogens with two attached hydrogens (primary N) is 1. The standard InChI is InChI=1S/C13H20N2S/c1-10-8-11(14)4-5-12(10)15-9-13(16-2)6-3-7-13/h4-5,8,15H,3,6-7,9,14H2,1-2H3. The summed E-state index contributed by atoms with van der Waals surface area (Å²) >= 11 is 2.00. The average molecular weight is 236 g/mol. The van der Waals surface area contributed by atoms with Gasteiger partial charge in [0, 0.05) is 22.7 Å². The normalized spacial score (nSPS) is 17.9. The van der Waals surface area contributed by atoms with Gasteiger partial charge in [-0.05, 0) is 49.8 Å². The lowest BCUT2D eigenvalue weighted by atomic mass is 9.84. The SMILES string of the molecule is CSC1(CNc2ccc(N)cc2C)CCC1. The van der Waals surface area contributed by atoms with Crippen molar-refractivity contribution in [2.45, 2.75) is 30.9 Å². The van der Waals surface area contributed by atoms with Gasteiger partial charge in [-0.3, -0.25) is 0 Å². The predicted octanol–water partition coefficient (Wildman–Crippen LogP) is 3.27. The molecule has 1 aliphatic carbocycles. The Morgan fingerprint density at radius 2 is 2.19 bits per heavy atom. The van der Waals surface area contributed by atoms with Crippen LogP contribution >= 0.6 is 11.8 Å². The molecule has 1 saturated carbocycles. The topological polar surface area (TPSA) is 38.0 Å². The molecular formula is C13H20N2S. The van der Waals surface area contributed by atoms with Gasteiger partial charge in [0.2, 0.25) is 0 Å². The van der Waals surface area contributed by atoms with Crippen LogP contribution in [-0.4, -0.2) is 17.5 Å². The zero-order valence-electron chi connectivity index (χ0n) is 10.0. The van der Waals surface area contributed by atoms with Gasteiger partial charge in [-0.25, -0.2) is 0 Å². The Balaban J connectivity index is 1.99. The monoisotopic (exact) mass is 236 g/mol. The quantitative estimate of drug-likeness (QED) is 0.788. The van der Waals surface area contributed by atoms with Gasteiger partial charge >= 0.3 is 0 Å². The van der Waals surface area contributed by atoms with E-state index in [1.54, 1.807) is 0 Å². The molecule has 2 rings (SSSR count). The molecule has 3 heteroatoms. The van der Waals surface area contributed by atoms with Gasteiger partial charge < -0.3 is 11.1 Å². The van der Waals surface area contributed by atoms with Crippen molar-refractivity contribution < 1.29 is 0 Å². The van der Waals surface area contributed by atoms with Gasteiger partial charge in [-0.1, -0.05) is 6.42 Å². The van der Waals surface area contributed by atoms with Gasteiger partial charge in [-0.2, -0.15) is 11.8 Å². The fraction of sp³-hybridized carbons (Fsp3) is 0.538. The van der Waals surface area contributed by atoms with Gasteiger partial charge in [0.05, 0.1) is 0 Å². The van der Waals surface area contributed by atoms with Gasteiger partial charge in [0.25, 0.3) is 0 Å². The van der Waals surface area contributed by atoms with Crippen molar-refractivity contribution in [3.63, 3.8) is 0 Å². The van der Waals surface area contributed by atoms with E-state index >= 15 is 0 Å². The molecule has 0 aliphatic heterocycles. The Hall–Kier alpha value is -0.830. The zero-order chi connectivity index (χ0) is 11.6. The molecule has 1 aliphatic rings. The second kappa shape index (κ2) is 4.58. The molecule has 0 saturated heterocycles. The highest BCUT2D eigenvalue weighted by atomic mass is 32.2. The average Bonchev–Trinajstić information content (AvgIpc) is 2.19. The molecule has 0 spiro atoms. The number of benzene rings is 1. The van der Waals surface area contributed by atoms with Crippen molar-refractivity contribution in [3.05, 3.63) is 23.8 Å². The Bertz CT molecular complexity index is 367.